The highest BCUT2D eigenvalue weighted by Gasteiger charge is 2.27. The quantitative estimate of drug-likeness (QED) is 0.439. The molecule has 3 heterocycles. The van der Waals surface area contributed by atoms with Crippen LogP contribution in [0.5, 0.6) is 5.88 Å². The second-order valence-corrected chi connectivity index (χ2v) is 7.85. The third-order valence-corrected chi connectivity index (χ3v) is 5.59. The van der Waals surface area contributed by atoms with Crippen LogP contribution in [0.25, 0.3) is 0 Å². The van der Waals surface area contributed by atoms with E-state index < -0.39 is 0 Å². The van der Waals surface area contributed by atoms with E-state index in [4.69, 9.17) is 15.3 Å². The van der Waals surface area contributed by atoms with Gasteiger partial charge in [-0.2, -0.15) is 0 Å². The summed E-state index contributed by atoms with van der Waals surface area (Å²) in [6.07, 6.45) is 10.1. The molecule has 2 aromatic heterocycles. The molecule has 2 fully saturated rings. The second-order valence-electron chi connectivity index (χ2n) is 7.85. The number of anilines is 3. The lowest BCUT2D eigenvalue weighted by atomic mass is 10.2. The van der Waals surface area contributed by atoms with Crippen LogP contribution in [0.15, 0.2) is 29.8 Å². The number of rotatable bonds is 7. The van der Waals surface area contributed by atoms with E-state index in [-0.39, 0.29) is 18.2 Å². The maximum absolute atomic E-state index is 12.5. The van der Waals surface area contributed by atoms with Crippen LogP contribution in [-0.2, 0) is 4.84 Å². The maximum atomic E-state index is 12.5. The molecule has 0 bridgehead atoms. The van der Waals surface area contributed by atoms with Crippen LogP contribution in [0.2, 0.25) is 0 Å². The second kappa shape index (κ2) is 10.1. The lowest BCUT2D eigenvalue weighted by molar-refractivity contribution is 0.201. The number of nitrogens with one attached hydrogen (secondary N) is 2. The van der Waals surface area contributed by atoms with E-state index in [0.717, 1.165) is 19.3 Å². The first-order valence-electron chi connectivity index (χ1n) is 10.7. The number of hydrogen-bond acceptors (Lipinski definition) is 9. The van der Waals surface area contributed by atoms with E-state index in [1.807, 2.05) is 4.90 Å². The highest BCUT2D eigenvalue weighted by atomic mass is 16.6. The Morgan fingerprint density at radius 1 is 1.25 bits per heavy atom. The molecule has 11 nitrogen and oxygen atoms in total. The van der Waals surface area contributed by atoms with Gasteiger partial charge in [-0.15, -0.1) is 0 Å². The zero-order valence-electron chi connectivity index (χ0n) is 18.0. The highest BCUT2D eigenvalue weighted by Crippen LogP contribution is 2.25. The van der Waals surface area contributed by atoms with Gasteiger partial charge in [0.15, 0.2) is 0 Å². The number of nitrogens with two attached hydrogens (primary N) is 1. The predicted molar refractivity (Wildman–Crippen MR) is 121 cm³/mol. The Morgan fingerprint density at radius 3 is 2.84 bits per heavy atom. The monoisotopic (exact) mass is 440 g/mol. The molecule has 32 heavy (non-hydrogen) atoms. The maximum Gasteiger partial charge on any atom is 0.319 e. The molecule has 1 atom stereocenters. The molecule has 1 aliphatic heterocycles. The smallest absolute Gasteiger partial charge is 0.319 e. The molecule has 1 unspecified atom stereocenters. The number of carbonyl (C=O) groups excluding carboxylic acids is 1. The van der Waals surface area contributed by atoms with Crippen molar-refractivity contribution >= 4 is 29.6 Å². The summed E-state index contributed by atoms with van der Waals surface area (Å²) in [7, 11) is 1.45. The molecular weight excluding hydrogens is 412 g/mol. The van der Waals surface area contributed by atoms with Crippen LogP contribution in [0.1, 0.15) is 37.7 Å². The fraction of sp³-hybridized carbons (Fsp3) is 0.476. The van der Waals surface area contributed by atoms with Gasteiger partial charge < -0.3 is 30.8 Å². The minimum absolute atomic E-state index is 0.0451. The molecule has 4 N–H and O–H groups in total. The molecule has 2 aliphatic rings. The standard InChI is InChI=1S/C21H28N8O3/c1-31-26-11-17-19(22)24-13-25-20(17)29-9-8-15(12-29)28-21(30)27-14-6-7-18(23-10-14)32-16-4-2-3-5-16/h6-7,10-11,13,15-16H,2-5,8-9,12H2,1H3,(H2,22,24,25)(H2,27,28,30). The Balaban J connectivity index is 1.30. The summed E-state index contributed by atoms with van der Waals surface area (Å²) in [4.78, 5) is 31.9. The molecule has 1 aliphatic carbocycles. The number of aromatic nitrogens is 3. The Bertz CT molecular complexity index is 947. The van der Waals surface area contributed by atoms with E-state index in [1.165, 1.54) is 32.5 Å². The van der Waals surface area contributed by atoms with Gasteiger partial charge in [-0.05, 0) is 38.2 Å². The summed E-state index contributed by atoms with van der Waals surface area (Å²) in [6, 6.07) is 3.25. The first-order valence-corrected chi connectivity index (χ1v) is 10.7. The van der Waals surface area contributed by atoms with Crippen LogP contribution in [0, 0.1) is 0 Å². The van der Waals surface area contributed by atoms with E-state index in [9.17, 15) is 4.79 Å². The Morgan fingerprint density at radius 2 is 2.09 bits per heavy atom. The van der Waals surface area contributed by atoms with Gasteiger partial charge in [-0.3, -0.25) is 0 Å². The summed E-state index contributed by atoms with van der Waals surface area (Å²) in [5, 5.41) is 9.59. The molecule has 0 spiro atoms. The number of pyridine rings is 1. The first kappa shape index (κ1) is 21.6. The van der Waals surface area contributed by atoms with Crippen LogP contribution in [0.4, 0.5) is 22.1 Å². The number of ether oxygens (including phenoxy) is 1. The van der Waals surface area contributed by atoms with Gasteiger partial charge in [0.2, 0.25) is 5.88 Å². The van der Waals surface area contributed by atoms with E-state index in [0.29, 0.717) is 41.9 Å². The summed E-state index contributed by atoms with van der Waals surface area (Å²) < 4.78 is 5.86. The number of oxime groups is 1. The number of urea groups is 1. The van der Waals surface area contributed by atoms with E-state index >= 15 is 0 Å². The van der Waals surface area contributed by atoms with Crippen molar-refractivity contribution in [1.29, 1.82) is 0 Å². The summed E-state index contributed by atoms with van der Waals surface area (Å²) in [5.41, 5.74) is 7.17. The minimum Gasteiger partial charge on any atom is -0.474 e. The van der Waals surface area contributed by atoms with Crippen molar-refractivity contribution in [1.82, 2.24) is 20.3 Å². The van der Waals surface area contributed by atoms with Gasteiger partial charge in [0.25, 0.3) is 0 Å². The van der Waals surface area contributed by atoms with Gasteiger partial charge in [0.05, 0.1) is 23.7 Å². The third kappa shape index (κ3) is 5.34. The average molecular weight is 441 g/mol. The zero-order chi connectivity index (χ0) is 22.3. The number of hydrogen-bond donors (Lipinski definition) is 3. The van der Waals surface area contributed by atoms with Crippen molar-refractivity contribution in [3.8, 4) is 5.88 Å². The van der Waals surface area contributed by atoms with Gasteiger partial charge in [0, 0.05) is 25.2 Å². The third-order valence-electron chi connectivity index (χ3n) is 5.59. The number of nitrogens with zero attached hydrogens (tertiary/aromatic N) is 5. The lowest BCUT2D eigenvalue weighted by Gasteiger charge is -2.20. The summed E-state index contributed by atoms with van der Waals surface area (Å²) in [5.74, 6) is 1.56. The molecule has 0 radical (unpaired) electrons. The zero-order valence-corrected chi connectivity index (χ0v) is 18.0. The van der Waals surface area contributed by atoms with Crippen molar-refractivity contribution in [2.24, 2.45) is 5.16 Å². The summed E-state index contributed by atoms with van der Waals surface area (Å²) in [6.45, 7) is 1.30. The van der Waals surface area contributed by atoms with Crippen molar-refractivity contribution in [3.05, 3.63) is 30.2 Å². The number of amides is 2. The van der Waals surface area contributed by atoms with E-state index in [1.54, 1.807) is 18.3 Å². The van der Waals surface area contributed by atoms with Crippen molar-refractivity contribution in [3.63, 3.8) is 0 Å². The molecule has 11 heteroatoms. The Hall–Kier alpha value is -3.63. The van der Waals surface area contributed by atoms with Crippen molar-refractivity contribution in [2.45, 2.75) is 44.2 Å². The fourth-order valence-electron chi connectivity index (χ4n) is 4.00. The van der Waals surface area contributed by atoms with Crippen molar-refractivity contribution < 1.29 is 14.4 Å². The first-order chi connectivity index (χ1) is 15.6. The van der Waals surface area contributed by atoms with Gasteiger partial charge >= 0.3 is 6.03 Å². The van der Waals surface area contributed by atoms with Crippen LogP contribution in [-0.4, -0.2) is 59.5 Å². The molecule has 1 saturated carbocycles. The van der Waals surface area contributed by atoms with Gasteiger partial charge in [-0.1, -0.05) is 5.16 Å². The molecular formula is C21H28N8O3. The van der Waals surface area contributed by atoms with E-state index in [2.05, 4.69) is 30.7 Å². The lowest BCUT2D eigenvalue weighted by Crippen LogP contribution is -2.40. The molecule has 2 amide bonds. The van der Waals surface area contributed by atoms with Crippen LogP contribution >= 0.6 is 0 Å². The number of carbonyl (C=O) groups is 1. The predicted octanol–water partition coefficient (Wildman–Crippen LogP) is 2.16. The topological polar surface area (TPSA) is 140 Å². The van der Waals surface area contributed by atoms with Crippen molar-refractivity contribution in [2.75, 3.05) is 36.1 Å². The largest absolute Gasteiger partial charge is 0.474 e. The SMILES string of the molecule is CON=Cc1c(N)ncnc1N1CCC(NC(=O)Nc2ccc(OC3CCCC3)nc2)C1. The normalized spacial score (nSPS) is 18.8. The van der Waals surface area contributed by atoms with Gasteiger partial charge in [-0.25, -0.2) is 19.7 Å². The highest BCUT2D eigenvalue weighted by molar-refractivity contribution is 5.92. The minimum atomic E-state index is -0.286. The Labute approximate surface area is 186 Å². The van der Waals surface area contributed by atoms with Crippen LogP contribution < -0.4 is 26.0 Å². The Kier molecular flexibility index (Phi) is 6.83. The summed E-state index contributed by atoms with van der Waals surface area (Å²) >= 11 is 0. The number of nitrogen functional groups attached to an aromatic ring is 1. The molecule has 2 aromatic rings. The molecule has 1 saturated heterocycles. The fourth-order valence-corrected chi connectivity index (χ4v) is 4.00. The molecule has 170 valence electrons. The molecule has 0 aromatic carbocycles. The van der Waals surface area contributed by atoms with Gasteiger partial charge in [0.1, 0.15) is 31.2 Å². The average Bonchev–Trinajstić information content (AvgIpc) is 3.46. The van der Waals surface area contributed by atoms with Crippen LogP contribution in [0.3, 0.4) is 0 Å². The molecule has 4 rings (SSSR count).